The van der Waals surface area contributed by atoms with Crippen molar-refractivity contribution in [2.75, 3.05) is 19.6 Å². The van der Waals surface area contributed by atoms with Crippen molar-refractivity contribution < 1.29 is 13.2 Å². The minimum absolute atomic E-state index is 0.0984. The molecule has 2 rings (SSSR count). The Morgan fingerprint density at radius 3 is 2.44 bits per heavy atom. The number of fused-ring (bicyclic) bond motifs is 1. The quantitative estimate of drug-likeness (QED) is 0.849. The molecule has 2 fully saturated rings. The molecule has 2 aliphatic rings. The van der Waals surface area contributed by atoms with Crippen molar-refractivity contribution in [3.05, 3.63) is 0 Å². The maximum atomic E-state index is 12.8. The number of hydrogen-bond acceptors (Lipinski definition) is 2. The number of rotatable bonds is 3. The maximum Gasteiger partial charge on any atom is 0.394 e. The van der Waals surface area contributed by atoms with Gasteiger partial charge in [-0.15, -0.1) is 0 Å². The first-order valence-corrected chi connectivity index (χ1v) is 7.03. The van der Waals surface area contributed by atoms with Crippen molar-refractivity contribution in [1.82, 2.24) is 4.90 Å². The zero-order chi connectivity index (χ0) is 13.2. The predicted molar refractivity (Wildman–Crippen MR) is 65.2 cm³/mol. The number of alkyl halides is 3. The van der Waals surface area contributed by atoms with Gasteiger partial charge in [-0.2, -0.15) is 13.2 Å². The number of nitrogens with zero attached hydrogens (tertiary/aromatic N) is 1. The fourth-order valence-corrected chi connectivity index (χ4v) is 3.55. The fraction of sp³-hybridized carbons (Fsp3) is 1.00. The van der Waals surface area contributed by atoms with Gasteiger partial charge in [0.2, 0.25) is 0 Å². The van der Waals surface area contributed by atoms with Crippen LogP contribution in [-0.2, 0) is 0 Å². The molecule has 0 bridgehead atoms. The Morgan fingerprint density at radius 1 is 1.11 bits per heavy atom. The molecule has 1 saturated heterocycles. The summed E-state index contributed by atoms with van der Waals surface area (Å²) in [6.07, 6.45) is 2.75. The Balaban J connectivity index is 1.98. The molecule has 2 N–H and O–H groups in total. The number of piperidine rings is 1. The van der Waals surface area contributed by atoms with Crippen molar-refractivity contribution >= 4 is 0 Å². The van der Waals surface area contributed by atoms with Crippen LogP contribution < -0.4 is 5.73 Å². The molecule has 106 valence electrons. The van der Waals surface area contributed by atoms with Crippen LogP contribution in [0.3, 0.4) is 0 Å². The van der Waals surface area contributed by atoms with Gasteiger partial charge in [0.25, 0.3) is 0 Å². The van der Waals surface area contributed by atoms with E-state index in [9.17, 15) is 13.2 Å². The highest BCUT2D eigenvalue weighted by Crippen LogP contribution is 2.37. The number of likely N-dealkylation sites (tertiary alicyclic amines) is 1. The van der Waals surface area contributed by atoms with Crippen molar-refractivity contribution in [3.8, 4) is 0 Å². The molecule has 0 aromatic rings. The van der Waals surface area contributed by atoms with Gasteiger partial charge < -0.3 is 5.73 Å². The standard InChI is InChI=1S/C13H23F3N2/c14-13(15,16)11(8-17)9-18-7-3-5-10-4-1-2-6-12(10)18/h10-12H,1-9,17H2/t10-,11?,12-/m1/s1. The van der Waals surface area contributed by atoms with E-state index in [0.717, 1.165) is 25.8 Å². The minimum atomic E-state index is -4.16. The summed E-state index contributed by atoms with van der Waals surface area (Å²) in [6.45, 7) is 0.617. The molecule has 0 radical (unpaired) electrons. The Labute approximate surface area is 107 Å². The van der Waals surface area contributed by atoms with Gasteiger partial charge in [-0.05, 0) is 38.1 Å². The normalized spacial score (nSPS) is 32.0. The Morgan fingerprint density at radius 2 is 1.78 bits per heavy atom. The lowest BCUT2D eigenvalue weighted by molar-refractivity contribution is -0.179. The van der Waals surface area contributed by atoms with Gasteiger partial charge in [0.15, 0.2) is 0 Å². The van der Waals surface area contributed by atoms with Gasteiger partial charge in [0, 0.05) is 19.1 Å². The van der Waals surface area contributed by atoms with Gasteiger partial charge in [0.05, 0.1) is 5.92 Å². The van der Waals surface area contributed by atoms with Crippen LogP contribution in [0.4, 0.5) is 13.2 Å². The van der Waals surface area contributed by atoms with Crippen molar-refractivity contribution in [1.29, 1.82) is 0 Å². The highest BCUT2D eigenvalue weighted by atomic mass is 19.4. The van der Waals surface area contributed by atoms with E-state index < -0.39 is 12.1 Å². The smallest absolute Gasteiger partial charge is 0.330 e. The minimum Gasteiger partial charge on any atom is -0.330 e. The average Bonchev–Trinajstić information content (AvgIpc) is 2.34. The fourth-order valence-electron chi connectivity index (χ4n) is 3.55. The van der Waals surface area contributed by atoms with Crippen LogP contribution in [0.15, 0.2) is 0 Å². The van der Waals surface area contributed by atoms with Gasteiger partial charge in [-0.3, -0.25) is 4.90 Å². The average molecular weight is 264 g/mol. The highest BCUT2D eigenvalue weighted by molar-refractivity contribution is 4.89. The molecule has 1 saturated carbocycles. The molecule has 2 nitrogen and oxygen atoms in total. The molecule has 1 aliphatic heterocycles. The second kappa shape index (κ2) is 5.78. The third-order valence-corrected chi connectivity index (χ3v) is 4.56. The first kappa shape index (κ1) is 14.1. The topological polar surface area (TPSA) is 29.3 Å². The van der Waals surface area contributed by atoms with Gasteiger partial charge in [-0.1, -0.05) is 12.8 Å². The van der Waals surface area contributed by atoms with E-state index in [1.165, 1.54) is 19.3 Å². The SMILES string of the molecule is NCC(CN1CCC[C@H]2CCCC[C@H]21)C(F)(F)F. The van der Waals surface area contributed by atoms with Gasteiger partial charge in [-0.25, -0.2) is 0 Å². The summed E-state index contributed by atoms with van der Waals surface area (Å²) in [5.74, 6) is -0.739. The van der Waals surface area contributed by atoms with Crippen LogP contribution in [0.25, 0.3) is 0 Å². The molecule has 0 aromatic carbocycles. The Hall–Kier alpha value is -0.290. The molecule has 0 aromatic heterocycles. The predicted octanol–water partition coefficient (Wildman–Crippen LogP) is 2.78. The second-order valence-corrected chi connectivity index (χ2v) is 5.72. The first-order valence-electron chi connectivity index (χ1n) is 7.03. The number of nitrogens with two attached hydrogens (primary N) is 1. The first-order chi connectivity index (χ1) is 8.52. The van der Waals surface area contributed by atoms with Crippen molar-refractivity contribution in [3.63, 3.8) is 0 Å². The molecule has 0 spiro atoms. The summed E-state index contributed by atoms with van der Waals surface area (Å²) in [4.78, 5) is 2.07. The van der Waals surface area contributed by atoms with Crippen LogP contribution in [0.2, 0.25) is 0 Å². The molecule has 3 atom stereocenters. The Bertz CT molecular complexity index is 265. The van der Waals surface area contributed by atoms with E-state index in [4.69, 9.17) is 5.73 Å². The summed E-state index contributed by atoms with van der Waals surface area (Å²) >= 11 is 0. The van der Waals surface area contributed by atoms with Crippen LogP contribution in [-0.4, -0.2) is 36.8 Å². The van der Waals surface area contributed by atoms with Gasteiger partial charge in [0.1, 0.15) is 0 Å². The number of halogens is 3. The summed E-state index contributed by atoms with van der Waals surface area (Å²) in [6, 6.07) is 0.379. The van der Waals surface area contributed by atoms with Crippen molar-refractivity contribution in [2.45, 2.75) is 50.7 Å². The molecular formula is C13H23F3N2. The molecule has 1 aliphatic carbocycles. The van der Waals surface area contributed by atoms with E-state index >= 15 is 0 Å². The molecule has 18 heavy (non-hydrogen) atoms. The van der Waals surface area contributed by atoms with E-state index in [-0.39, 0.29) is 13.1 Å². The third-order valence-electron chi connectivity index (χ3n) is 4.56. The summed E-state index contributed by atoms with van der Waals surface area (Å²) in [7, 11) is 0. The van der Waals surface area contributed by atoms with Crippen LogP contribution in [0.5, 0.6) is 0 Å². The van der Waals surface area contributed by atoms with Crippen LogP contribution in [0, 0.1) is 11.8 Å². The summed E-state index contributed by atoms with van der Waals surface area (Å²) < 4.78 is 38.4. The summed E-state index contributed by atoms with van der Waals surface area (Å²) in [5, 5.41) is 0. The lowest BCUT2D eigenvalue weighted by Gasteiger charge is -2.45. The lowest BCUT2D eigenvalue weighted by Crippen LogP contribution is -2.51. The molecule has 0 amide bonds. The zero-order valence-electron chi connectivity index (χ0n) is 10.8. The van der Waals surface area contributed by atoms with E-state index in [1.54, 1.807) is 0 Å². The zero-order valence-corrected chi connectivity index (χ0v) is 10.8. The highest BCUT2D eigenvalue weighted by Gasteiger charge is 2.42. The molecular weight excluding hydrogens is 241 g/mol. The monoisotopic (exact) mass is 264 g/mol. The van der Waals surface area contributed by atoms with Crippen LogP contribution in [0.1, 0.15) is 38.5 Å². The second-order valence-electron chi connectivity index (χ2n) is 5.72. The maximum absolute atomic E-state index is 12.8. The molecule has 5 heteroatoms. The van der Waals surface area contributed by atoms with E-state index in [0.29, 0.717) is 12.0 Å². The van der Waals surface area contributed by atoms with Crippen LogP contribution >= 0.6 is 0 Å². The van der Waals surface area contributed by atoms with E-state index in [2.05, 4.69) is 4.90 Å². The van der Waals surface area contributed by atoms with Gasteiger partial charge >= 0.3 is 6.18 Å². The molecule has 1 heterocycles. The third kappa shape index (κ3) is 3.18. The van der Waals surface area contributed by atoms with E-state index in [1.807, 2.05) is 0 Å². The largest absolute Gasteiger partial charge is 0.394 e. The van der Waals surface area contributed by atoms with Crippen molar-refractivity contribution in [2.24, 2.45) is 17.6 Å². The summed E-state index contributed by atoms with van der Waals surface area (Å²) in [5.41, 5.74) is 5.30. The Kier molecular flexibility index (Phi) is 4.54. The number of hydrogen-bond donors (Lipinski definition) is 1. The lowest BCUT2D eigenvalue weighted by atomic mass is 9.78. The molecule has 1 unspecified atom stereocenters.